The van der Waals surface area contributed by atoms with Gasteiger partial charge >= 0.3 is 0 Å². The summed E-state index contributed by atoms with van der Waals surface area (Å²) < 4.78 is 0. The maximum absolute atomic E-state index is 12.9. The van der Waals surface area contributed by atoms with Crippen LogP contribution < -0.4 is 5.32 Å². The first kappa shape index (κ1) is 17.1. The molecule has 0 fully saturated rings. The third-order valence-corrected chi connectivity index (χ3v) is 5.11. The van der Waals surface area contributed by atoms with E-state index in [4.69, 9.17) is 0 Å². The van der Waals surface area contributed by atoms with E-state index < -0.39 is 17.7 Å². The fraction of sp³-hybridized carbons (Fsp3) is 0.0435. The van der Waals surface area contributed by atoms with Crippen LogP contribution in [0.15, 0.2) is 73.1 Å². The van der Waals surface area contributed by atoms with Crippen molar-refractivity contribution in [3.63, 3.8) is 0 Å². The molecule has 6 nitrogen and oxygen atoms in total. The molecule has 1 aliphatic heterocycles. The lowest BCUT2D eigenvalue weighted by molar-refractivity contribution is -0.116. The van der Waals surface area contributed by atoms with Gasteiger partial charge in [0.05, 0.1) is 0 Å². The molecule has 0 saturated heterocycles. The van der Waals surface area contributed by atoms with Crippen molar-refractivity contribution in [2.45, 2.75) is 0 Å². The second-order valence-corrected chi connectivity index (χ2v) is 6.86. The van der Waals surface area contributed by atoms with Gasteiger partial charge in [-0.1, -0.05) is 36.4 Å². The van der Waals surface area contributed by atoms with Crippen LogP contribution in [0.5, 0.6) is 0 Å². The smallest absolute Gasteiger partial charge is 0.261 e. The predicted octanol–water partition coefficient (Wildman–Crippen LogP) is 3.62. The zero-order valence-corrected chi connectivity index (χ0v) is 15.3. The first-order chi connectivity index (χ1) is 14.1. The molecule has 1 N–H and O–H groups in total. The molecule has 0 saturated carbocycles. The average Bonchev–Trinajstić information content (AvgIpc) is 2.75. The summed E-state index contributed by atoms with van der Waals surface area (Å²) in [7, 11) is 0. The highest BCUT2D eigenvalue weighted by Gasteiger charge is 2.33. The monoisotopic (exact) mass is 381 g/mol. The fourth-order valence-corrected chi connectivity index (χ4v) is 3.79. The van der Waals surface area contributed by atoms with Crippen LogP contribution in [0.25, 0.3) is 21.5 Å². The standard InChI is InChI=1S/C23H15N3O3/c27-20(25-19-9-3-6-15-12-24-11-10-16(15)19)13-26-22(28)17-7-1-4-14-5-2-8-18(21(14)17)23(26)29/h1-12H,13H2,(H,25,27). The molecule has 29 heavy (non-hydrogen) atoms. The molecule has 1 aliphatic rings. The quantitative estimate of drug-likeness (QED) is 0.550. The number of rotatable bonds is 3. The highest BCUT2D eigenvalue weighted by molar-refractivity contribution is 6.26. The van der Waals surface area contributed by atoms with Gasteiger partial charge in [-0.15, -0.1) is 0 Å². The van der Waals surface area contributed by atoms with E-state index in [-0.39, 0.29) is 6.54 Å². The normalized spacial score (nSPS) is 13.2. The highest BCUT2D eigenvalue weighted by atomic mass is 16.2. The van der Waals surface area contributed by atoms with Crippen molar-refractivity contribution in [2.24, 2.45) is 0 Å². The van der Waals surface area contributed by atoms with Crippen LogP contribution >= 0.6 is 0 Å². The van der Waals surface area contributed by atoms with Crippen molar-refractivity contribution < 1.29 is 14.4 Å². The van der Waals surface area contributed by atoms with Crippen LogP contribution in [0.3, 0.4) is 0 Å². The number of carbonyl (C=O) groups excluding carboxylic acids is 3. The van der Waals surface area contributed by atoms with E-state index in [0.29, 0.717) is 22.2 Å². The van der Waals surface area contributed by atoms with E-state index in [1.807, 2.05) is 24.3 Å². The van der Waals surface area contributed by atoms with Crippen molar-refractivity contribution in [2.75, 3.05) is 11.9 Å². The summed E-state index contributed by atoms with van der Waals surface area (Å²) in [5.41, 5.74) is 1.47. The molecular weight excluding hydrogens is 366 g/mol. The Morgan fingerprint density at radius 2 is 1.52 bits per heavy atom. The van der Waals surface area contributed by atoms with Gasteiger partial charge in [0.15, 0.2) is 0 Å². The van der Waals surface area contributed by atoms with Crippen molar-refractivity contribution in [1.29, 1.82) is 0 Å². The number of hydrogen-bond acceptors (Lipinski definition) is 4. The van der Waals surface area contributed by atoms with Gasteiger partial charge < -0.3 is 5.32 Å². The van der Waals surface area contributed by atoms with Crippen molar-refractivity contribution in [1.82, 2.24) is 9.88 Å². The summed E-state index contributed by atoms with van der Waals surface area (Å²) in [6.45, 7) is -0.357. The van der Waals surface area contributed by atoms with Crippen LogP contribution in [-0.4, -0.2) is 34.2 Å². The molecule has 4 aromatic rings. The number of aromatic nitrogens is 1. The van der Waals surface area contributed by atoms with E-state index >= 15 is 0 Å². The third kappa shape index (κ3) is 2.73. The summed E-state index contributed by atoms with van der Waals surface area (Å²) in [4.78, 5) is 43.6. The maximum atomic E-state index is 12.9. The van der Waals surface area contributed by atoms with Gasteiger partial charge in [-0.25, -0.2) is 0 Å². The number of benzene rings is 3. The summed E-state index contributed by atoms with van der Waals surface area (Å²) in [5, 5.41) is 6.00. The van der Waals surface area contributed by atoms with Gasteiger partial charge in [-0.2, -0.15) is 0 Å². The van der Waals surface area contributed by atoms with Crippen LogP contribution in [0, 0.1) is 0 Å². The first-order valence-electron chi connectivity index (χ1n) is 9.14. The number of fused-ring (bicyclic) bond motifs is 1. The molecule has 0 aliphatic carbocycles. The second-order valence-electron chi connectivity index (χ2n) is 6.86. The molecule has 6 heteroatoms. The van der Waals surface area contributed by atoms with E-state index in [1.165, 1.54) is 0 Å². The average molecular weight is 381 g/mol. The Balaban J connectivity index is 1.45. The fourth-order valence-electron chi connectivity index (χ4n) is 3.79. The first-order valence-corrected chi connectivity index (χ1v) is 9.14. The molecule has 0 radical (unpaired) electrons. The molecule has 0 spiro atoms. The Labute approximate surface area is 165 Å². The Morgan fingerprint density at radius 1 is 0.862 bits per heavy atom. The Morgan fingerprint density at radius 3 is 2.24 bits per heavy atom. The number of pyridine rings is 1. The molecule has 0 atom stereocenters. The number of nitrogens with one attached hydrogen (secondary N) is 1. The number of amides is 3. The number of hydrogen-bond donors (Lipinski definition) is 1. The Bertz CT molecular complexity index is 1270. The van der Waals surface area contributed by atoms with Crippen LogP contribution in [0.2, 0.25) is 0 Å². The summed E-state index contributed by atoms with van der Waals surface area (Å²) in [5.74, 6) is -1.37. The molecule has 0 unspecified atom stereocenters. The largest absolute Gasteiger partial charge is 0.324 e. The zero-order chi connectivity index (χ0) is 20.0. The van der Waals surface area contributed by atoms with Gasteiger partial charge in [0.1, 0.15) is 6.54 Å². The Hall–Kier alpha value is -4.06. The number of carbonyl (C=O) groups is 3. The Kier molecular flexibility index (Phi) is 3.84. The number of anilines is 1. The predicted molar refractivity (Wildman–Crippen MR) is 110 cm³/mol. The summed E-state index contributed by atoms with van der Waals surface area (Å²) >= 11 is 0. The van der Waals surface area contributed by atoms with E-state index in [1.54, 1.807) is 48.8 Å². The lowest BCUT2D eigenvalue weighted by atomic mass is 9.94. The molecule has 3 aromatic carbocycles. The van der Waals surface area contributed by atoms with Crippen LogP contribution in [0.4, 0.5) is 5.69 Å². The van der Waals surface area contributed by atoms with Crippen LogP contribution in [-0.2, 0) is 4.79 Å². The van der Waals surface area contributed by atoms with Crippen molar-refractivity contribution in [3.8, 4) is 0 Å². The minimum atomic E-state index is -0.462. The second kappa shape index (κ2) is 6.53. The third-order valence-electron chi connectivity index (χ3n) is 5.11. The number of imide groups is 1. The topological polar surface area (TPSA) is 79.4 Å². The molecular formula is C23H15N3O3. The minimum absolute atomic E-state index is 0.357. The lowest BCUT2D eigenvalue weighted by Gasteiger charge is -2.26. The van der Waals surface area contributed by atoms with Crippen molar-refractivity contribution >= 4 is 45.0 Å². The minimum Gasteiger partial charge on any atom is -0.324 e. The molecule has 5 rings (SSSR count). The van der Waals surface area contributed by atoms with Gasteiger partial charge in [-0.3, -0.25) is 24.3 Å². The zero-order valence-electron chi connectivity index (χ0n) is 15.3. The maximum Gasteiger partial charge on any atom is 0.261 e. The SMILES string of the molecule is O=C(CN1C(=O)c2cccc3cccc(c23)C1=O)Nc1cccc2cnccc12. The molecule has 3 amide bonds. The molecule has 140 valence electrons. The van der Waals surface area contributed by atoms with E-state index in [0.717, 1.165) is 21.1 Å². The van der Waals surface area contributed by atoms with Gasteiger partial charge in [-0.05, 0) is 29.7 Å². The van der Waals surface area contributed by atoms with Gasteiger partial charge in [0.25, 0.3) is 11.8 Å². The molecule has 1 aromatic heterocycles. The number of nitrogens with zero attached hydrogens (tertiary/aromatic N) is 2. The van der Waals surface area contributed by atoms with Crippen LogP contribution in [0.1, 0.15) is 20.7 Å². The summed E-state index contributed by atoms with van der Waals surface area (Å²) in [6, 6.07) is 17.9. The van der Waals surface area contributed by atoms with Gasteiger partial charge in [0.2, 0.25) is 5.91 Å². The van der Waals surface area contributed by atoms with Crippen molar-refractivity contribution in [3.05, 3.63) is 84.2 Å². The summed E-state index contributed by atoms with van der Waals surface area (Å²) in [6.07, 6.45) is 3.35. The molecule has 2 heterocycles. The molecule has 0 bridgehead atoms. The van der Waals surface area contributed by atoms with Gasteiger partial charge in [0, 0.05) is 45.4 Å². The van der Waals surface area contributed by atoms with E-state index in [2.05, 4.69) is 10.3 Å². The van der Waals surface area contributed by atoms with E-state index in [9.17, 15) is 14.4 Å². The highest BCUT2D eigenvalue weighted by Crippen LogP contribution is 2.30. The lowest BCUT2D eigenvalue weighted by Crippen LogP contribution is -2.44.